The van der Waals surface area contributed by atoms with Crippen molar-refractivity contribution in [2.75, 3.05) is 24.7 Å². The molecule has 0 aliphatic heterocycles. The molecule has 1 amide bonds. The van der Waals surface area contributed by atoms with Gasteiger partial charge in [0.05, 0.1) is 16.1 Å². The number of carbonyl (C=O) groups is 1. The lowest BCUT2D eigenvalue weighted by atomic mass is 10.2. The van der Waals surface area contributed by atoms with Crippen molar-refractivity contribution >= 4 is 35.0 Å². The smallest absolute Gasteiger partial charge is 0.253 e. The Balaban J connectivity index is 0.000000302. The quantitative estimate of drug-likeness (QED) is 0.324. The molecule has 5 N–H and O–H groups in total. The SMILES string of the molecule is CNC(=O)c1ccc(Nc2ncc(-c3nnc(C)o3)c(N)n2)cc1Cl.OCCc1ccccc1. The number of halogens is 1. The van der Waals surface area contributed by atoms with E-state index in [-0.39, 0.29) is 30.2 Å². The van der Waals surface area contributed by atoms with Gasteiger partial charge in [0.15, 0.2) is 0 Å². The molecule has 4 rings (SSSR count). The Kier molecular flexibility index (Phi) is 8.49. The number of hydrogen-bond acceptors (Lipinski definition) is 9. The Bertz CT molecular complexity index is 1250. The van der Waals surface area contributed by atoms with E-state index in [2.05, 4.69) is 30.8 Å². The van der Waals surface area contributed by atoms with Crippen molar-refractivity contribution in [2.45, 2.75) is 13.3 Å². The molecule has 0 fully saturated rings. The zero-order chi connectivity index (χ0) is 24.5. The fourth-order valence-electron chi connectivity index (χ4n) is 2.84. The number of aliphatic hydroxyl groups excluding tert-OH is 1. The zero-order valence-corrected chi connectivity index (χ0v) is 19.4. The Labute approximate surface area is 201 Å². The summed E-state index contributed by atoms with van der Waals surface area (Å²) in [5.41, 5.74) is 8.55. The van der Waals surface area contributed by atoms with Crippen molar-refractivity contribution in [3.05, 3.63) is 76.8 Å². The maximum Gasteiger partial charge on any atom is 0.253 e. The van der Waals surface area contributed by atoms with Crippen LogP contribution in [0.3, 0.4) is 0 Å². The van der Waals surface area contributed by atoms with Crippen molar-refractivity contribution in [1.29, 1.82) is 0 Å². The fraction of sp³-hybridized carbons (Fsp3) is 0.174. The lowest BCUT2D eigenvalue weighted by Gasteiger charge is -2.09. The molecule has 2 aromatic heterocycles. The summed E-state index contributed by atoms with van der Waals surface area (Å²) in [5.74, 6) is 0.855. The maximum atomic E-state index is 11.6. The Hall–Kier alpha value is -4.02. The lowest BCUT2D eigenvalue weighted by molar-refractivity contribution is 0.0963. The molecule has 4 aromatic rings. The first kappa shape index (κ1) is 24.6. The Morgan fingerprint density at radius 1 is 1.18 bits per heavy atom. The fourth-order valence-corrected chi connectivity index (χ4v) is 3.11. The minimum Gasteiger partial charge on any atom is -0.421 e. The van der Waals surface area contributed by atoms with Gasteiger partial charge in [0.2, 0.25) is 11.8 Å². The number of aromatic nitrogens is 4. The normalized spacial score (nSPS) is 10.2. The van der Waals surface area contributed by atoms with E-state index in [1.165, 1.54) is 18.8 Å². The molecule has 0 radical (unpaired) electrons. The number of nitrogens with one attached hydrogen (secondary N) is 2. The molecular weight excluding hydrogens is 458 g/mol. The number of hydrogen-bond donors (Lipinski definition) is 4. The molecule has 2 aromatic carbocycles. The van der Waals surface area contributed by atoms with Gasteiger partial charge in [0.25, 0.3) is 11.8 Å². The van der Waals surface area contributed by atoms with Gasteiger partial charge in [-0.3, -0.25) is 4.79 Å². The number of nitrogen functional groups attached to an aromatic ring is 1. The van der Waals surface area contributed by atoms with Crippen LogP contribution >= 0.6 is 11.6 Å². The van der Waals surface area contributed by atoms with Crippen LogP contribution in [0.15, 0.2) is 59.1 Å². The maximum absolute atomic E-state index is 11.6. The molecule has 0 bridgehead atoms. The van der Waals surface area contributed by atoms with Crippen LogP contribution in [-0.4, -0.2) is 44.8 Å². The van der Waals surface area contributed by atoms with Crippen LogP contribution in [0.5, 0.6) is 0 Å². The number of nitrogens with two attached hydrogens (primary N) is 1. The summed E-state index contributed by atoms with van der Waals surface area (Å²) in [6.45, 7) is 1.92. The third-order valence-corrected chi connectivity index (χ3v) is 4.83. The standard InChI is InChI=1S/C15H14ClN7O2.C8H10O/c1-7-22-23-14(25-7)10-6-19-15(21-12(10)17)20-8-3-4-9(11(16)5-8)13(24)18-2;9-7-6-8-4-2-1-3-5-8/h3-6H,1-2H3,(H,18,24)(H3,17,19,20,21);1-5,9H,6-7H2. The molecule has 0 spiro atoms. The predicted molar refractivity (Wildman–Crippen MR) is 130 cm³/mol. The highest BCUT2D eigenvalue weighted by Gasteiger charge is 2.14. The van der Waals surface area contributed by atoms with Gasteiger partial charge in [-0.2, -0.15) is 4.98 Å². The molecule has 11 heteroatoms. The second-order valence-electron chi connectivity index (χ2n) is 6.98. The van der Waals surface area contributed by atoms with Gasteiger partial charge in [-0.25, -0.2) is 4.98 Å². The average molecular weight is 482 g/mol. The molecule has 0 saturated carbocycles. The number of rotatable bonds is 6. The molecule has 0 atom stereocenters. The number of anilines is 3. The molecule has 0 aliphatic rings. The minimum atomic E-state index is -0.267. The summed E-state index contributed by atoms with van der Waals surface area (Å²) in [7, 11) is 1.54. The highest BCUT2D eigenvalue weighted by molar-refractivity contribution is 6.34. The van der Waals surface area contributed by atoms with Crippen LogP contribution in [0.1, 0.15) is 21.8 Å². The molecule has 0 saturated heterocycles. The van der Waals surface area contributed by atoms with E-state index in [4.69, 9.17) is 26.9 Å². The molecule has 34 heavy (non-hydrogen) atoms. The molecule has 2 heterocycles. The largest absolute Gasteiger partial charge is 0.421 e. The summed E-state index contributed by atoms with van der Waals surface area (Å²) in [6, 6.07) is 14.8. The van der Waals surface area contributed by atoms with E-state index < -0.39 is 0 Å². The second-order valence-corrected chi connectivity index (χ2v) is 7.38. The number of amides is 1. The van der Waals surface area contributed by atoms with Crippen molar-refractivity contribution in [3.63, 3.8) is 0 Å². The molecular formula is C23H24ClN7O3. The minimum absolute atomic E-state index is 0.189. The number of nitrogens with zero attached hydrogens (tertiary/aromatic N) is 4. The van der Waals surface area contributed by atoms with Gasteiger partial charge in [0.1, 0.15) is 5.82 Å². The Morgan fingerprint density at radius 2 is 1.94 bits per heavy atom. The van der Waals surface area contributed by atoms with E-state index in [9.17, 15) is 4.79 Å². The number of aliphatic hydroxyl groups is 1. The van der Waals surface area contributed by atoms with E-state index in [1.54, 1.807) is 25.1 Å². The van der Waals surface area contributed by atoms with E-state index in [1.807, 2.05) is 30.3 Å². The average Bonchev–Trinajstić information content (AvgIpc) is 3.26. The predicted octanol–water partition coefficient (Wildman–Crippen LogP) is 3.40. The lowest BCUT2D eigenvalue weighted by Crippen LogP contribution is -2.18. The van der Waals surface area contributed by atoms with Crippen LogP contribution in [-0.2, 0) is 6.42 Å². The third-order valence-electron chi connectivity index (χ3n) is 4.51. The summed E-state index contributed by atoms with van der Waals surface area (Å²) in [6.07, 6.45) is 2.25. The number of aryl methyl sites for hydroxylation is 1. The monoisotopic (exact) mass is 481 g/mol. The summed E-state index contributed by atoms with van der Waals surface area (Å²) in [5, 5.41) is 21.9. The highest BCUT2D eigenvalue weighted by Crippen LogP contribution is 2.26. The van der Waals surface area contributed by atoms with Crippen molar-refractivity contribution in [3.8, 4) is 11.5 Å². The number of benzene rings is 2. The zero-order valence-electron chi connectivity index (χ0n) is 18.6. The molecule has 0 aliphatic carbocycles. The highest BCUT2D eigenvalue weighted by atomic mass is 35.5. The van der Waals surface area contributed by atoms with Gasteiger partial charge < -0.3 is 25.9 Å². The van der Waals surface area contributed by atoms with E-state index in [0.717, 1.165) is 6.42 Å². The first-order valence-electron chi connectivity index (χ1n) is 10.3. The second kappa shape index (κ2) is 11.7. The van der Waals surface area contributed by atoms with Crippen molar-refractivity contribution in [2.24, 2.45) is 0 Å². The van der Waals surface area contributed by atoms with Crippen LogP contribution in [0.4, 0.5) is 17.5 Å². The van der Waals surface area contributed by atoms with Gasteiger partial charge in [-0.15, -0.1) is 10.2 Å². The summed E-state index contributed by atoms with van der Waals surface area (Å²) in [4.78, 5) is 20.0. The third kappa shape index (κ3) is 6.50. The van der Waals surface area contributed by atoms with E-state index >= 15 is 0 Å². The first-order valence-corrected chi connectivity index (χ1v) is 10.7. The molecule has 176 valence electrons. The topological polar surface area (TPSA) is 152 Å². The summed E-state index contributed by atoms with van der Waals surface area (Å²) < 4.78 is 5.31. The van der Waals surface area contributed by atoms with Crippen LogP contribution in [0.2, 0.25) is 5.02 Å². The van der Waals surface area contributed by atoms with Gasteiger partial charge >= 0.3 is 0 Å². The first-order chi connectivity index (χ1) is 16.4. The van der Waals surface area contributed by atoms with Gasteiger partial charge in [-0.1, -0.05) is 41.9 Å². The Morgan fingerprint density at radius 3 is 2.53 bits per heavy atom. The molecule has 10 nitrogen and oxygen atoms in total. The summed E-state index contributed by atoms with van der Waals surface area (Å²) >= 11 is 6.11. The molecule has 0 unspecified atom stereocenters. The number of carbonyl (C=O) groups excluding carboxylic acids is 1. The van der Waals surface area contributed by atoms with Crippen molar-refractivity contribution < 1.29 is 14.3 Å². The van der Waals surface area contributed by atoms with Gasteiger partial charge in [0, 0.05) is 32.5 Å². The van der Waals surface area contributed by atoms with Crippen LogP contribution in [0, 0.1) is 6.92 Å². The van der Waals surface area contributed by atoms with Crippen LogP contribution in [0.25, 0.3) is 11.5 Å². The van der Waals surface area contributed by atoms with Gasteiger partial charge in [-0.05, 0) is 30.2 Å². The van der Waals surface area contributed by atoms with Crippen molar-refractivity contribution in [1.82, 2.24) is 25.5 Å². The van der Waals surface area contributed by atoms with E-state index in [0.29, 0.717) is 27.7 Å². The van der Waals surface area contributed by atoms with Crippen LogP contribution < -0.4 is 16.4 Å².